The number of carbonyl (C=O) groups excluding carboxylic acids is 1. The third-order valence-corrected chi connectivity index (χ3v) is 3.85. The van der Waals surface area contributed by atoms with Crippen molar-refractivity contribution in [2.24, 2.45) is 5.92 Å². The highest BCUT2D eigenvalue weighted by Gasteiger charge is 2.28. The van der Waals surface area contributed by atoms with Crippen molar-refractivity contribution < 1.29 is 9.53 Å². The fraction of sp³-hybridized carbons (Fsp3) is 0.562. The van der Waals surface area contributed by atoms with E-state index >= 15 is 0 Å². The highest BCUT2D eigenvalue weighted by atomic mass is 16.5. The second-order valence-corrected chi connectivity index (χ2v) is 5.46. The van der Waals surface area contributed by atoms with E-state index in [1.54, 1.807) is 0 Å². The maximum Gasteiger partial charge on any atom is 0.226 e. The van der Waals surface area contributed by atoms with E-state index in [0.29, 0.717) is 26.2 Å². The summed E-state index contributed by atoms with van der Waals surface area (Å²) in [5, 5.41) is 3.06. The lowest BCUT2D eigenvalue weighted by Gasteiger charge is -2.35. The van der Waals surface area contributed by atoms with Crippen molar-refractivity contribution in [3.63, 3.8) is 0 Å². The zero-order valence-corrected chi connectivity index (χ0v) is 12.6. The zero-order chi connectivity index (χ0) is 14.5. The van der Waals surface area contributed by atoms with Gasteiger partial charge in [0.2, 0.25) is 5.91 Å². The maximum absolute atomic E-state index is 12.4. The summed E-state index contributed by atoms with van der Waals surface area (Å²) in [6.45, 7) is 6.72. The summed E-state index contributed by atoms with van der Waals surface area (Å²) in [7, 11) is 1.87. The number of morpholine rings is 1. The van der Waals surface area contributed by atoms with Crippen LogP contribution in [0.3, 0.4) is 0 Å². The van der Waals surface area contributed by atoms with Gasteiger partial charge in [0.25, 0.3) is 0 Å². The molecule has 2 atom stereocenters. The lowest BCUT2D eigenvalue weighted by molar-refractivity contribution is -0.142. The summed E-state index contributed by atoms with van der Waals surface area (Å²) in [5.41, 5.74) is 2.40. The Kier molecular flexibility index (Phi) is 5.15. The Morgan fingerprint density at radius 2 is 2.25 bits per heavy atom. The molecule has 1 aliphatic heterocycles. The first kappa shape index (κ1) is 15.0. The van der Waals surface area contributed by atoms with Gasteiger partial charge in [-0.25, -0.2) is 0 Å². The van der Waals surface area contributed by atoms with Crippen LogP contribution < -0.4 is 5.32 Å². The van der Waals surface area contributed by atoms with Crippen molar-refractivity contribution in [2.45, 2.75) is 20.0 Å². The van der Waals surface area contributed by atoms with Gasteiger partial charge in [-0.1, -0.05) is 31.2 Å². The molecule has 1 saturated heterocycles. The molecule has 4 nitrogen and oxygen atoms in total. The van der Waals surface area contributed by atoms with Gasteiger partial charge in [0.05, 0.1) is 13.2 Å². The molecule has 0 spiro atoms. The fourth-order valence-corrected chi connectivity index (χ4v) is 2.69. The first-order valence-corrected chi connectivity index (χ1v) is 7.24. The smallest absolute Gasteiger partial charge is 0.226 e. The number of carbonyl (C=O) groups is 1. The lowest BCUT2D eigenvalue weighted by atomic mass is 10.0. The number of ether oxygens (including phenoxy) is 1. The minimum atomic E-state index is -0.00399. The van der Waals surface area contributed by atoms with Crippen LogP contribution in [0.2, 0.25) is 0 Å². The summed E-state index contributed by atoms with van der Waals surface area (Å²) in [6.07, 6.45) is -0.00399. The average Bonchev–Trinajstić information content (AvgIpc) is 2.47. The first-order valence-electron chi connectivity index (χ1n) is 7.24. The van der Waals surface area contributed by atoms with Gasteiger partial charge in [-0.2, -0.15) is 0 Å². The van der Waals surface area contributed by atoms with Crippen LogP contribution in [0.5, 0.6) is 0 Å². The normalized spacial score (nSPS) is 20.8. The molecule has 1 fully saturated rings. The number of aryl methyl sites for hydroxylation is 1. The average molecular weight is 276 g/mol. The molecule has 0 saturated carbocycles. The third kappa shape index (κ3) is 3.38. The molecule has 1 amide bonds. The number of benzene rings is 1. The van der Waals surface area contributed by atoms with Crippen LogP contribution in [0.25, 0.3) is 0 Å². The van der Waals surface area contributed by atoms with Gasteiger partial charge in [0.1, 0.15) is 6.10 Å². The van der Waals surface area contributed by atoms with E-state index in [0.717, 1.165) is 0 Å². The number of hydrogen-bond acceptors (Lipinski definition) is 3. The number of nitrogens with zero attached hydrogens (tertiary/aromatic N) is 1. The van der Waals surface area contributed by atoms with Gasteiger partial charge < -0.3 is 15.0 Å². The van der Waals surface area contributed by atoms with Gasteiger partial charge in [-0.3, -0.25) is 4.79 Å². The largest absolute Gasteiger partial charge is 0.370 e. The highest BCUT2D eigenvalue weighted by Crippen LogP contribution is 2.25. The number of rotatable bonds is 4. The summed E-state index contributed by atoms with van der Waals surface area (Å²) < 4.78 is 5.86. The molecule has 110 valence electrons. The summed E-state index contributed by atoms with van der Waals surface area (Å²) in [6, 6.07) is 8.23. The minimum Gasteiger partial charge on any atom is -0.370 e. The molecule has 1 N–H and O–H groups in total. The Balaban J connectivity index is 2.05. The minimum absolute atomic E-state index is 0.00399. The Labute approximate surface area is 121 Å². The molecule has 20 heavy (non-hydrogen) atoms. The van der Waals surface area contributed by atoms with Gasteiger partial charge in [0, 0.05) is 19.0 Å². The molecule has 4 heteroatoms. The summed E-state index contributed by atoms with van der Waals surface area (Å²) in [5.74, 6) is 0.219. The fourth-order valence-electron chi connectivity index (χ4n) is 2.69. The first-order chi connectivity index (χ1) is 9.63. The van der Waals surface area contributed by atoms with Crippen LogP contribution in [0.1, 0.15) is 24.2 Å². The second-order valence-electron chi connectivity index (χ2n) is 5.46. The Morgan fingerprint density at radius 3 is 2.95 bits per heavy atom. The van der Waals surface area contributed by atoms with Crippen LogP contribution >= 0.6 is 0 Å². The molecule has 0 aliphatic carbocycles. The van der Waals surface area contributed by atoms with Gasteiger partial charge in [-0.05, 0) is 25.1 Å². The van der Waals surface area contributed by atoms with E-state index in [-0.39, 0.29) is 17.9 Å². The number of hydrogen-bond donors (Lipinski definition) is 1. The Bertz CT molecular complexity index is 462. The monoisotopic (exact) mass is 276 g/mol. The van der Waals surface area contributed by atoms with E-state index < -0.39 is 0 Å². The van der Waals surface area contributed by atoms with Crippen LogP contribution in [0, 0.1) is 12.8 Å². The molecule has 1 heterocycles. The molecule has 0 bridgehead atoms. The topological polar surface area (TPSA) is 41.6 Å². The van der Waals surface area contributed by atoms with Crippen molar-refractivity contribution in [3.05, 3.63) is 35.4 Å². The molecule has 0 aromatic heterocycles. The van der Waals surface area contributed by atoms with E-state index in [4.69, 9.17) is 4.74 Å². The quantitative estimate of drug-likeness (QED) is 0.911. The van der Waals surface area contributed by atoms with Crippen molar-refractivity contribution >= 4 is 5.91 Å². The summed E-state index contributed by atoms with van der Waals surface area (Å²) >= 11 is 0. The van der Waals surface area contributed by atoms with Crippen molar-refractivity contribution in [1.82, 2.24) is 10.2 Å². The van der Waals surface area contributed by atoms with Crippen molar-refractivity contribution in [3.8, 4) is 0 Å². The molecule has 0 unspecified atom stereocenters. The maximum atomic E-state index is 12.4. The van der Waals surface area contributed by atoms with Crippen molar-refractivity contribution in [2.75, 3.05) is 33.3 Å². The van der Waals surface area contributed by atoms with E-state index in [1.165, 1.54) is 11.1 Å². The van der Waals surface area contributed by atoms with E-state index in [2.05, 4.69) is 24.4 Å². The second kappa shape index (κ2) is 6.86. The predicted molar refractivity (Wildman–Crippen MR) is 79.5 cm³/mol. The molecule has 1 aromatic rings. The third-order valence-electron chi connectivity index (χ3n) is 3.85. The van der Waals surface area contributed by atoms with Crippen LogP contribution in [-0.4, -0.2) is 44.1 Å². The van der Waals surface area contributed by atoms with Crippen molar-refractivity contribution in [1.29, 1.82) is 0 Å². The molecular formula is C16H24N2O2. The molecular weight excluding hydrogens is 252 g/mol. The molecule has 2 rings (SSSR count). The van der Waals surface area contributed by atoms with E-state index in [1.807, 2.05) is 31.0 Å². The zero-order valence-electron chi connectivity index (χ0n) is 12.6. The van der Waals surface area contributed by atoms with E-state index in [9.17, 15) is 4.79 Å². The standard InChI is InChI=1S/C16H24N2O2/c1-12-6-4-5-7-14(12)15-11-18(8-9-20-15)16(19)13(2)10-17-3/h4-7,13,15,17H,8-11H2,1-3H3/t13-,15+/m1/s1. The SMILES string of the molecule is CNC[C@@H](C)C(=O)N1CCO[C@H](c2ccccc2C)C1. The van der Waals surface area contributed by atoms with Gasteiger partial charge in [0.15, 0.2) is 0 Å². The van der Waals surface area contributed by atoms with Crippen LogP contribution in [-0.2, 0) is 9.53 Å². The Morgan fingerprint density at radius 1 is 1.50 bits per heavy atom. The molecule has 1 aliphatic rings. The molecule has 1 aromatic carbocycles. The number of nitrogens with one attached hydrogen (secondary N) is 1. The summed E-state index contributed by atoms with van der Waals surface area (Å²) in [4.78, 5) is 14.3. The Hall–Kier alpha value is -1.39. The van der Waals surface area contributed by atoms with Crippen LogP contribution in [0.15, 0.2) is 24.3 Å². The lowest BCUT2D eigenvalue weighted by Crippen LogP contribution is -2.46. The van der Waals surface area contributed by atoms with Gasteiger partial charge >= 0.3 is 0 Å². The van der Waals surface area contributed by atoms with Crippen LogP contribution in [0.4, 0.5) is 0 Å². The number of amides is 1. The van der Waals surface area contributed by atoms with Gasteiger partial charge in [-0.15, -0.1) is 0 Å². The predicted octanol–water partition coefficient (Wildman–Crippen LogP) is 1.75. The molecule has 0 radical (unpaired) electrons. The highest BCUT2D eigenvalue weighted by molar-refractivity contribution is 5.78.